The molecule has 0 spiro atoms. The Hall–Kier alpha value is -3.03. The Kier molecular flexibility index (Phi) is 7.34. The van der Waals surface area contributed by atoms with Crippen LogP contribution in [0.1, 0.15) is 36.3 Å². The fourth-order valence-electron chi connectivity index (χ4n) is 3.29. The zero-order valence-corrected chi connectivity index (χ0v) is 19.7. The number of ether oxygens (including phenoxy) is 2. The number of nitro groups is 1. The monoisotopic (exact) mass is 481 g/mol. The first kappa shape index (κ1) is 24.6. The number of aryl methyl sites for hydroxylation is 1. The molecule has 12 nitrogen and oxygen atoms in total. The number of carbonyl (C=O) groups excluding carboxylic acids is 1. The molecule has 1 atom stereocenters. The number of aromatic nitrogens is 2. The number of rotatable bonds is 8. The van der Waals surface area contributed by atoms with Crippen molar-refractivity contribution < 1.29 is 27.6 Å². The van der Waals surface area contributed by atoms with Gasteiger partial charge in [0.05, 0.1) is 18.1 Å². The highest BCUT2D eigenvalue weighted by molar-refractivity contribution is 7.89. The molecule has 0 radical (unpaired) electrons. The second-order valence-corrected chi connectivity index (χ2v) is 9.60. The summed E-state index contributed by atoms with van der Waals surface area (Å²) in [5, 5.41) is 18.3. The quantitative estimate of drug-likeness (QED) is 0.445. The molecule has 1 saturated heterocycles. The molecule has 1 aromatic carbocycles. The van der Waals surface area contributed by atoms with Crippen LogP contribution in [0.4, 0.5) is 5.69 Å². The molecule has 1 unspecified atom stereocenters. The number of nitrogens with zero attached hydrogens (tertiary/aromatic N) is 4. The van der Waals surface area contributed by atoms with Crippen molar-refractivity contribution in [2.24, 2.45) is 7.05 Å². The summed E-state index contributed by atoms with van der Waals surface area (Å²) in [4.78, 5) is 22.9. The molecule has 2 heterocycles. The Morgan fingerprint density at radius 3 is 2.64 bits per heavy atom. The third-order valence-corrected chi connectivity index (χ3v) is 7.28. The van der Waals surface area contributed by atoms with Gasteiger partial charge in [-0.25, -0.2) is 13.1 Å². The first-order valence-corrected chi connectivity index (χ1v) is 11.9. The smallest absolute Gasteiger partial charge is 0.272 e. The van der Waals surface area contributed by atoms with Crippen molar-refractivity contribution in [1.29, 1.82) is 0 Å². The van der Waals surface area contributed by atoms with Gasteiger partial charge in [-0.3, -0.25) is 14.9 Å². The van der Waals surface area contributed by atoms with Crippen LogP contribution in [0.15, 0.2) is 23.1 Å². The van der Waals surface area contributed by atoms with Gasteiger partial charge in [-0.1, -0.05) is 6.92 Å². The number of morpholine rings is 1. The van der Waals surface area contributed by atoms with E-state index in [-0.39, 0.29) is 66.2 Å². The molecule has 180 valence electrons. The van der Waals surface area contributed by atoms with Gasteiger partial charge in [-0.2, -0.15) is 9.40 Å². The van der Waals surface area contributed by atoms with Gasteiger partial charge in [0.15, 0.2) is 5.69 Å². The Morgan fingerprint density at radius 1 is 1.36 bits per heavy atom. The maximum atomic E-state index is 13.3. The van der Waals surface area contributed by atoms with Crippen LogP contribution in [0, 0.1) is 17.0 Å². The van der Waals surface area contributed by atoms with Crippen LogP contribution >= 0.6 is 0 Å². The molecular formula is C20H27N5O7S. The number of non-ortho nitro benzene ring substituents is 1. The molecule has 0 saturated carbocycles. The van der Waals surface area contributed by atoms with Crippen LogP contribution in [0.5, 0.6) is 11.6 Å². The summed E-state index contributed by atoms with van der Waals surface area (Å²) in [7, 11) is -2.55. The zero-order valence-electron chi connectivity index (χ0n) is 18.9. The fourth-order valence-corrected chi connectivity index (χ4v) is 4.83. The Balaban J connectivity index is 2.02. The average Bonchev–Trinajstić information content (AvgIpc) is 3.08. The number of benzene rings is 1. The van der Waals surface area contributed by atoms with Crippen LogP contribution in [0.2, 0.25) is 0 Å². The van der Waals surface area contributed by atoms with E-state index in [1.807, 2.05) is 13.8 Å². The van der Waals surface area contributed by atoms with Crippen LogP contribution < -0.4 is 10.1 Å². The van der Waals surface area contributed by atoms with Gasteiger partial charge in [0.25, 0.3) is 11.6 Å². The van der Waals surface area contributed by atoms with Crippen molar-refractivity contribution in [3.8, 4) is 11.6 Å². The summed E-state index contributed by atoms with van der Waals surface area (Å²) in [6.45, 7) is 6.13. The van der Waals surface area contributed by atoms with Gasteiger partial charge in [0.2, 0.25) is 15.9 Å². The summed E-state index contributed by atoms with van der Waals surface area (Å²) in [6, 6.07) is 3.32. The number of nitrogens with one attached hydrogen (secondary N) is 1. The number of hydrogen-bond donors (Lipinski definition) is 1. The molecule has 3 rings (SSSR count). The van der Waals surface area contributed by atoms with E-state index in [2.05, 4.69) is 10.4 Å². The highest BCUT2D eigenvalue weighted by Gasteiger charge is 2.32. The molecule has 0 bridgehead atoms. The van der Waals surface area contributed by atoms with Crippen LogP contribution in [-0.2, 0) is 21.8 Å². The minimum atomic E-state index is -4.11. The number of hydrogen-bond acceptors (Lipinski definition) is 8. The number of sulfonamides is 1. The van der Waals surface area contributed by atoms with Gasteiger partial charge in [-0.15, -0.1) is 0 Å². The van der Waals surface area contributed by atoms with Gasteiger partial charge < -0.3 is 14.8 Å². The molecule has 2 aromatic rings. The zero-order chi connectivity index (χ0) is 24.3. The molecule has 1 amide bonds. The Labute approximate surface area is 191 Å². The van der Waals surface area contributed by atoms with E-state index in [1.54, 1.807) is 14.0 Å². The molecule has 1 aliphatic heterocycles. The van der Waals surface area contributed by atoms with E-state index in [9.17, 15) is 23.3 Å². The van der Waals surface area contributed by atoms with Crippen LogP contribution in [0.25, 0.3) is 0 Å². The van der Waals surface area contributed by atoms with E-state index >= 15 is 0 Å². The van der Waals surface area contributed by atoms with Gasteiger partial charge in [0.1, 0.15) is 10.6 Å². The topological polar surface area (TPSA) is 146 Å². The SMILES string of the molecule is CCC(C)NC(=O)c1nn(C)c(Oc2ccc([N+](=O)[O-])cc2S(=O)(=O)N2CCOCC2)c1C. The Morgan fingerprint density at radius 2 is 2.03 bits per heavy atom. The highest BCUT2D eigenvalue weighted by Crippen LogP contribution is 2.35. The highest BCUT2D eigenvalue weighted by atomic mass is 32.2. The van der Waals surface area contributed by atoms with E-state index in [0.717, 1.165) is 18.6 Å². The number of carbonyl (C=O) groups is 1. The van der Waals surface area contributed by atoms with Crippen molar-refractivity contribution in [2.75, 3.05) is 26.3 Å². The molecule has 33 heavy (non-hydrogen) atoms. The predicted octanol–water partition coefficient (Wildman–Crippen LogP) is 1.98. The van der Waals surface area contributed by atoms with Crippen LogP contribution in [-0.4, -0.2) is 65.7 Å². The van der Waals surface area contributed by atoms with Crippen molar-refractivity contribution in [3.05, 3.63) is 39.6 Å². The lowest BCUT2D eigenvalue weighted by atomic mass is 10.2. The normalized spacial score (nSPS) is 15.8. The minimum Gasteiger partial charge on any atom is -0.438 e. The summed E-state index contributed by atoms with van der Waals surface area (Å²) in [5.74, 6) is -0.333. The summed E-state index contributed by atoms with van der Waals surface area (Å²) in [6.07, 6.45) is 0.743. The second kappa shape index (κ2) is 9.85. The van der Waals surface area contributed by atoms with E-state index in [0.29, 0.717) is 5.56 Å². The molecule has 0 aliphatic carbocycles. The summed E-state index contributed by atoms with van der Waals surface area (Å²) < 4.78 is 40.2. The van der Waals surface area contributed by atoms with Crippen molar-refractivity contribution in [2.45, 2.75) is 38.1 Å². The lowest BCUT2D eigenvalue weighted by Gasteiger charge is -2.26. The maximum Gasteiger partial charge on any atom is 0.272 e. The maximum absolute atomic E-state index is 13.3. The van der Waals surface area contributed by atoms with Crippen molar-refractivity contribution in [3.63, 3.8) is 0 Å². The fraction of sp³-hybridized carbons (Fsp3) is 0.500. The first-order valence-electron chi connectivity index (χ1n) is 10.4. The van der Waals surface area contributed by atoms with Gasteiger partial charge in [0, 0.05) is 43.9 Å². The van der Waals surface area contributed by atoms with E-state index in [4.69, 9.17) is 9.47 Å². The third kappa shape index (κ3) is 5.15. The molecule has 1 aliphatic rings. The number of nitro benzene ring substituents is 1. The molecule has 13 heteroatoms. The minimum absolute atomic E-state index is 0.0526. The van der Waals surface area contributed by atoms with Crippen molar-refractivity contribution in [1.82, 2.24) is 19.4 Å². The first-order chi connectivity index (χ1) is 15.6. The van der Waals surface area contributed by atoms with Gasteiger partial charge >= 0.3 is 0 Å². The second-order valence-electron chi connectivity index (χ2n) is 7.69. The third-order valence-electron chi connectivity index (χ3n) is 5.36. The van der Waals surface area contributed by atoms with Crippen LogP contribution in [0.3, 0.4) is 0 Å². The standard InChI is InChI=1S/C20H27N5O7S/c1-5-13(2)21-19(26)18-14(3)20(23(4)22-18)32-16-7-6-15(25(27)28)12-17(16)33(29,30)24-8-10-31-11-9-24/h6-7,12-13H,5,8-11H2,1-4H3,(H,21,26). The predicted molar refractivity (Wildman–Crippen MR) is 118 cm³/mol. The Bertz CT molecular complexity index is 1160. The summed E-state index contributed by atoms with van der Waals surface area (Å²) >= 11 is 0. The lowest BCUT2D eigenvalue weighted by molar-refractivity contribution is -0.385. The molecule has 1 fully saturated rings. The van der Waals surface area contributed by atoms with Crippen molar-refractivity contribution >= 4 is 21.6 Å². The number of amides is 1. The van der Waals surface area contributed by atoms with E-state index in [1.165, 1.54) is 15.1 Å². The molecule has 1 N–H and O–H groups in total. The van der Waals surface area contributed by atoms with Gasteiger partial charge in [-0.05, 0) is 26.3 Å². The molecule has 1 aromatic heterocycles. The molecular weight excluding hydrogens is 454 g/mol. The van der Waals surface area contributed by atoms with E-state index < -0.39 is 14.9 Å². The lowest BCUT2D eigenvalue weighted by Crippen LogP contribution is -2.40. The largest absolute Gasteiger partial charge is 0.438 e. The average molecular weight is 482 g/mol. The summed E-state index contributed by atoms with van der Waals surface area (Å²) in [5.41, 5.74) is 0.170.